The maximum Gasteiger partial charge on any atom is 0.255 e. The van der Waals surface area contributed by atoms with E-state index in [4.69, 9.17) is 23.2 Å². The number of nitrogens with zero attached hydrogens (tertiary/aromatic N) is 3. The molecular formula is C20H25Cl2N5O. The molecule has 2 aromatic heterocycles. The Labute approximate surface area is 175 Å². The molecule has 8 heteroatoms. The number of carbonyl (C=O) groups is 1. The van der Waals surface area contributed by atoms with Crippen LogP contribution in [-0.4, -0.2) is 27.0 Å². The van der Waals surface area contributed by atoms with E-state index in [9.17, 15) is 4.79 Å². The third-order valence-corrected chi connectivity index (χ3v) is 4.39. The highest BCUT2D eigenvalue weighted by Gasteiger charge is 2.18. The van der Waals surface area contributed by atoms with Crippen molar-refractivity contribution < 1.29 is 4.79 Å². The second-order valence-electron chi connectivity index (χ2n) is 6.43. The van der Waals surface area contributed by atoms with E-state index in [0.717, 1.165) is 0 Å². The topological polar surface area (TPSA) is 71.8 Å². The van der Waals surface area contributed by atoms with E-state index in [1.165, 1.54) is 0 Å². The van der Waals surface area contributed by atoms with Gasteiger partial charge in [-0.15, -0.1) is 0 Å². The predicted molar refractivity (Wildman–Crippen MR) is 117 cm³/mol. The summed E-state index contributed by atoms with van der Waals surface area (Å²) in [6, 6.07) is 5.15. The Morgan fingerprint density at radius 2 is 1.93 bits per heavy atom. The van der Waals surface area contributed by atoms with Gasteiger partial charge in [-0.05, 0) is 24.1 Å². The molecule has 0 fully saturated rings. The molecule has 0 aliphatic rings. The molecule has 150 valence electrons. The van der Waals surface area contributed by atoms with Crippen LogP contribution in [-0.2, 0) is 7.05 Å². The van der Waals surface area contributed by atoms with Crippen LogP contribution in [0.2, 0.25) is 10.0 Å². The Hall–Kier alpha value is -2.31. The summed E-state index contributed by atoms with van der Waals surface area (Å²) in [5.41, 5.74) is 2.44. The average Bonchev–Trinajstić information content (AvgIpc) is 3.06. The fourth-order valence-corrected chi connectivity index (χ4v) is 3.00. The Morgan fingerprint density at radius 1 is 1.21 bits per heavy atom. The van der Waals surface area contributed by atoms with Crippen LogP contribution in [0, 0.1) is 5.92 Å². The Bertz CT molecular complexity index is 969. The van der Waals surface area contributed by atoms with Gasteiger partial charge >= 0.3 is 0 Å². The van der Waals surface area contributed by atoms with E-state index in [0.29, 0.717) is 50.6 Å². The molecule has 6 nitrogen and oxygen atoms in total. The van der Waals surface area contributed by atoms with Crippen molar-refractivity contribution in [1.82, 2.24) is 19.9 Å². The monoisotopic (exact) mass is 421 g/mol. The van der Waals surface area contributed by atoms with Gasteiger partial charge < -0.3 is 15.2 Å². The number of fused-ring (bicyclic) bond motifs is 1. The first-order valence-electron chi connectivity index (χ1n) is 9.17. The Balaban J connectivity index is 0.00000136. The molecule has 0 saturated carbocycles. The van der Waals surface area contributed by atoms with Crippen molar-refractivity contribution in [3.8, 4) is 0 Å². The molecule has 0 radical (unpaired) electrons. The van der Waals surface area contributed by atoms with Gasteiger partial charge in [0.1, 0.15) is 5.52 Å². The first-order chi connectivity index (χ1) is 13.4. The zero-order valence-electron chi connectivity index (χ0n) is 16.7. The number of hydrogen-bond acceptors (Lipinski definition) is 4. The van der Waals surface area contributed by atoms with Gasteiger partial charge in [0.25, 0.3) is 5.91 Å². The lowest BCUT2D eigenvalue weighted by atomic mass is 10.2. The molecule has 0 saturated heterocycles. The molecule has 2 heterocycles. The van der Waals surface area contributed by atoms with Gasteiger partial charge in [0.2, 0.25) is 0 Å². The van der Waals surface area contributed by atoms with E-state index in [2.05, 4.69) is 20.6 Å². The van der Waals surface area contributed by atoms with E-state index < -0.39 is 0 Å². The maximum absolute atomic E-state index is 12.5. The number of aryl methyl sites for hydroxylation is 1. The minimum absolute atomic E-state index is 0.170. The molecular weight excluding hydrogens is 397 g/mol. The van der Waals surface area contributed by atoms with Crippen LogP contribution in [0.4, 0.5) is 11.5 Å². The number of amides is 1. The van der Waals surface area contributed by atoms with Crippen molar-refractivity contribution in [1.29, 1.82) is 0 Å². The van der Waals surface area contributed by atoms with Gasteiger partial charge in [0.15, 0.2) is 5.82 Å². The van der Waals surface area contributed by atoms with Crippen LogP contribution < -0.4 is 10.6 Å². The summed E-state index contributed by atoms with van der Waals surface area (Å²) in [4.78, 5) is 21.3. The van der Waals surface area contributed by atoms with Crippen molar-refractivity contribution in [3.05, 3.63) is 46.3 Å². The lowest BCUT2D eigenvalue weighted by Crippen LogP contribution is -2.28. The number of aromatic nitrogens is 3. The molecule has 1 aromatic carbocycles. The summed E-state index contributed by atoms with van der Waals surface area (Å²) in [6.07, 6.45) is 3.20. The van der Waals surface area contributed by atoms with Gasteiger partial charge in [-0.3, -0.25) is 4.79 Å². The summed E-state index contributed by atoms with van der Waals surface area (Å²) < 4.78 is 1.80. The molecule has 3 aromatic rings. The normalized spacial score (nSPS) is 10.6. The molecule has 2 N–H and O–H groups in total. The first-order valence-corrected chi connectivity index (χ1v) is 9.92. The van der Waals surface area contributed by atoms with E-state index in [1.54, 1.807) is 35.3 Å². The third-order valence-electron chi connectivity index (χ3n) is 3.84. The lowest BCUT2D eigenvalue weighted by Gasteiger charge is -2.12. The zero-order valence-corrected chi connectivity index (χ0v) is 18.2. The Kier molecular flexibility index (Phi) is 7.66. The van der Waals surface area contributed by atoms with E-state index >= 15 is 0 Å². The van der Waals surface area contributed by atoms with Gasteiger partial charge in [-0.1, -0.05) is 50.9 Å². The number of anilines is 2. The standard InChI is InChI=1S/C18H19Cl2N5O.C2H6/c1-10(2)7-22-18(26)12-8-21-17(15-16(12)25(3)9-23-15)24-14-5-4-11(19)6-13(14)20;1-2/h4-6,8-10H,7H2,1-3H3,(H,21,24)(H,22,26);1-2H3. The lowest BCUT2D eigenvalue weighted by molar-refractivity contribution is 0.0950. The molecule has 0 atom stereocenters. The largest absolute Gasteiger partial charge is 0.352 e. The highest BCUT2D eigenvalue weighted by Crippen LogP contribution is 2.31. The number of benzene rings is 1. The summed E-state index contributed by atoms with van der Waals surface area (Å²) in [6.45, 7) is 8.68. The summed E-state index contributed by atoms with van der Waals surface area (Å²) in [5.74, 6) is 0.711. The quantitative estimate of drug-likeness (QED) is 0.575. The van der Waals surface area contributed by atoms with Crippen LogP contribution in [0.3, 0.4) is 0 Å². The van der Waals surface area contributed by atoms with E-state index in [-0.39, 0.29) is 5.91 Å². The van der Waals surface area contributed by atoms with Crippen molar-refractivity contribution in [2.24, 2.45) is 13.0 Å². The molecule has 28 heavy (non-hydrogen) atoms. The fraction of sp³-hybridized carbons (Fsp3) is 0.350. The average molecular weight is 422 g/mol. The number of carbonyl (C=O) groups excluding carboxylic acids is 1. The molecule has 0 unspecified atom stereocenters. The number of imidazole rings is 1. The summed E-state index contributed by atoms with van der Waals surface area (Å²) in [5, 5.41) is 7.10. The summed E-state index contributed by atoms with van der Waals surface area (Å²) in [7, 11) is 1.84. The van der Waals surface area contributed by atoms with E-state index in [1.807, 2.05) is 34.7 Å². The smallest absolute Gasteiger partial charge is 0.255 e. The molecule has 1 amide bonds. The molecule has 0 spiro atoms. The van der Waals surface area contributed by atoms with Crippen molar-refractivity contribution in [2.75, 3.05) is 11.9 Å². The maximum atomic E-state index is 12.5. The highest BCUT2D eigenvalue weighted by atomic mass is 35.5. The van der Waals surface area contributed by atoms with Crippen molar-refractivity contribution in [2.45, 2.75) is 27.7 Å². The number of halogens is 2. The SMILES string of the molecule is CC.CC(C)CNC(=O)c1cnc(Nc2ccc(Cl)cc2Cl)c2ncn(C)c12. The summed E-state index contributed by atoms with van der Waals surface area (Å²) >= 11 is 12.2. The van der Waals surface area contributed by atoms with Gasteiger partial charge in [0, 0.05) is 24.8 Å². The number of nitrogens with one attached hydrogen (secondary N) is 2. The number of rotatable bonds is 5. The van der Waals surface area contributed by atoms with Crippen molar-refractivity contribution in [3.63, 3.8) is 0 Å². The van der Waals surface area contributed by atoms with Crippen LogP contribution in [0.1, 0.15) is 38.1 Å². The third kappa shape index (κ3) is 4.94. The zero-order chi connectivity index (χ0) is 20.8. The highest BCUT2D eigenvalue weighted by molar-refractivity contribution is 6.36. The fourth-order valence-electron chi connectivity index (χ4n) is 2.54. The van der Waals surface area contributed by atoms with Gasteiger partial charge in [0.05, 0.1) is 28.1 Å². The van der Waals surface area contributed by atoms with Gasteiger partial charge in [-0.25, -0.2) is 9.97 Å². The van der Waals surface area contributed by atoms with Crippen LogP contribution in [0.25, 0.3) is 11.0 Å². The van der Waals surface area contributed by atoms with Gasteiger partial charge in [-0.2, -0.15) is 0 Å². The van der Waals surface area contributed by atoms with Crippen LogP contribution >= 0.6 is 23.2 Å². The van der Waals surface area contributed by atoms with Crippen LogP contribution in [0.15, 0.2) is 30.7 Å². The Morgan fingerprint density at radius 3 is 2.57 bits per heavy atom. The second-order valence-corrected chi connectivity index (χ2v) is 7.27. The van der Waals surface area contributed by atoms with Crippen molar-refractivity contribution >= 4 is 51.6 Å². The van der Waals surface area contributed by atoms with Crippen LogP contribution in [0.5, 0.6) is 0 Å². The number of hydrogen-bond donors (Lipinski definition) is 2. The molecule has 3 rings (SSSR count). The minimum atomic E-state index is -0.170. The molecule has 0 aliphatic heterocycles. The minimum Gasteiger partial charge on any atom is -0.352 e. The molecule has 0 bridgehead atoms. The number of pyridine rings is 1. The molecule has 0 aliphatic carbocycles. The second kappa shape index (κ2) is 9.75. The predicted octanol–water partition coefficient (Wildman–Crippen LogP) is 5.43. The first kappa shape index (κ1) is 22.0.